The fraction of sp³-hybridized carbons (Fsp3) is 0.111. The lowest BCUT2D eigenvalue weighted by molar-refractivity contribution is 0.329. The largest absolute Gasteiger partial charge is 0.506 e. The number of nitrogens with zero attached hydrogens (tertiary/aromatic N) is 2. The zero-order chi connectivity index (χ0) is 18.7. The predicted molar refractivity (Wildman–Crippen MR) is 97.2 cm³/mol. The van der Waals surface area contributed by atoms with Crippen LogP contribution < -0.4 is 4.74 Å². The van der Waals surface area contributed by atoms with E-state index in [0.29, 0.717) is 5.39 Å². The van der Waals surface area contributed by atoms with Crippen molar-refractivity contribution in [1.29, 1.82) is 0 Å². The molecular weight excluding hydrogens is 356 g/mol. The highest BCUT2D eigenvalue weighted by Gasteiger charge is 2.17. The second-order valence-electron chi connectivity index (χ2n) is 5.39. The van der Waals surface area contributed by atoms with Gasteiger partial charge < -0.3 is 9.84 Å². The molecule has 0 saturated carbocycles. The molecule has 0 bridgehead atoms. The summed E-state index contributed by atoms with van der Waals surface area (Å²) in [7, 11) is -4.48. The highest BCUT2D eigenvalue weighted by atomic mass is 32.2. The standard InChI is InChI=1S/C18H16N2O5S/c1-2-25-16-10-8-13(11-17(16)26(22,23)24)19-20-18-14-6-4-3-5-12(14)7-9-15(18)21/h3-11,21H,2H2,1H3,(H,22,23,24). The highest BCUT2D eigenvalue weighted by Crippen LogP contribution is 2.36. The molecule has 0 aliphatic carbocycles. The van der Waals surface area contributed by atoms with Crippen LogP contribution in [0.4, 0.5) is 11.4 Å². The molecule has 7 nitrogen and oxygen atoms in total. The first kappa shape index (κ1) is 17.8. The second kappa shape index (κ2) is 7.11. The number of rotatable bonds is 5. The molecule has 3 aromatic carbocycles. The molecule has 0 saturated heterocycles. The summed E-state index contributed by atoms with van der Waals surface area (Å²) >= 11 is 0. The van der Waals surface area contributed by atoms with E-state index in [2.05, 4.69) is 10.2 Å². The molecule has 0 aromatic heterocycles. The van der Waals surface area contributed by atoms with Gasteiger partial charge in [0.05, 0.1) is 12.3 Å². The van der Waals surface area contributed by atoms with Crippen LogP contribution in [0.15, 0.2) is 69.7 Å². The first-order chi connectivity index (χ1) is 12.4. The molecule has 0 unspecified atom stereocenters. The Kier molecular flexibility index (Phi) is 4.88. The zero-order valence-corrected chi connectivity index (χ0v) is 14.6. The fourth-order valence-corrected chi connectivity index (χ4v) is 3.14. The Balaban J connectivity index is 2.06. The number of hydrogen-bond donors (Lipinski definition) is 2. The maximum absolute atomic E-state index is 11.5. The molecule has 134 valence electrons. The third kappa shape index (κ3) is 3.66. The summed E-state index contributed by atoms with van der Waals surface area (Å²) in [6.07, 6.45) is 0. The normalized spacial score (nSPS) is 11.9. The topological polar surface area (TPSA) is 109 Å². The van der Waals surface area contributed by atoms with Gasteiger partial charge in [0, 0.05) is 5.39 Å². The van der Waals surface area contributed by atoms with Gasteiger partial charge in [-0.05, 0) is 36.6 Å². The van der Waals surface area contributed by atoms with Crippen LogP contribution in [0.1, 0.15) is 6.92 Å². The van der Waals surface area contributed by atoms with Crippen LogP contribution in [0.25, 0.3) is 10.8 Å². The van der Waals surface area contributed by atoms with E-state index in [-0.39, 0.29) is 29.5 Å². The number of hydrogen-bond acceptors (Lipinski definition) is 6. The maximum atomic E-state index is 11.5. The molecule has 0 amide bonds. The minimum Gasteiger partial charge on any atom is -0.506 e. The number of azo groups is 1. The predicted octanol–water partition coefficient (Wildman–Crippen LogP) is 4.61. The first-order valence-electron chi connectivity index (χ1n) is 7.77. The van der Waals surface area contributed by atoms with Gasteiger partial charge in [0.2, 0.25) is 0 Å². The van der Waals surface area contributed by atoms with E-state index in [1.165, 1.54) is 18.2 Å². The van der Waals surface area contributed by atoms with Gasteiger partial charge in [-0.2, -0.15) is 13.5 Å². The Morgan fingerprint density at radius 3 is 2.54 bits per heavy atom. The summed E-state index contributed by atoms with van der Waals surface area (Å²) in [6.45, 7) is 1.94. The van der Waals surface area contributed by atoms with Crippen LogP contribution in [-0.2, 0) is 10.1 Å². The SMILES string of the molecule is CCOc1ccc(N=Nc2c(O)ccc3ccccc23)cc1S(=O)(=O)O. The average Bonchev–Trinajstić information content (AvgIpc) is 2.61. The van der Waals surface area contributed by atoms with Crippen LogP contribution in [0.3, 0.4) is 0 Å². The molecule has 0 aliphatic rings. The monoisotopic (exact) mass is 372 g/mol. The van der Waals surface area contributed by atoms with Gasteiger partial charge in [-0.15, -0.1) is 5.11 Å². The molecule has 0 radical (unpaired) electrons. The molecule has 0 spiro atoms. The summed E-state index contributed by atoms with van der Waals surface area (Å²) in [5, 5.41) is 19.7. The van der Waals surface area contributed by atoms with Gasteiger partial charge in [0.1, 0.15) is 22.1 Å². The van der Waals surface area contributed by atoms with E-state index in [0.717, 1.165) is 11.5 Å². The Morgan fingerprint density at radius 2 is 1.81 bits per heavy atom. The summed E-state index contributed by atoms with van der Waals surface area (Å²) < 4.78 is 37.7. The van der Waals surface area contributed by atoms with Crippen LogP contribution in [0, 0.1) is 0 Å². The second-order valence-corrected chi connectivity index (χ2v) is 6.78. The van der Waals surface area contributed by atoms with Crippen LogP contribution in [0.5, 0.6) is 11.5 Å². The van der Waals surface area contributed by atoms with Crippen LogP contribution in [-0.4, -0.2) is 24.7 Å². The zero-order valence-electron chi connectivity index (χ0n) is 13.8. The molecule has 0 atom stereocenters. The molecule has 3 aromatic rings. The third-order valence-electron chi connectivity index (χ3n) is 3.65. The van der Waals surface area contributed by atoms with E-state index in [1.807, 2.05) is 18.2 Å². The lowest BCUT2D eigenvalue weighted by Gasteiger charge is -2.08. The number of ether oxygens (including phenoxy) is 1. The van der Waals surface area contributed by atoms with Gasteiger partial charge in [-0.25, -0.2) is 0 Å². The van der Waals surface area contributed by atoms with E-state index < -0.39 is 15.0 Å². The summed E-state index contributed by atoms with van der Waals surface area (Å²) in [4.78, 5) is -0.391. The Morgan fingerprint density at radius 1 is 1.04 bits per heavy atom. The van der Waals surface area contributed by atoms with Gasteiger partial charge in [0.15, 0.2) is 0 Å². The molecule has 0 aliphatic heterocycles. The Bertz CT molecular complexity index is 1090. The number of benzene rings is 3. The molecular formula is C18H16N2O5S. The van der Waals surface area contributed by atoms with E-state index >= 15 is 0 Å². The van der Waals surface area contributed by atoms with Crippen molar-refractivity contribution in [1.82, 2.24) is 0 Å². The fourth-order valence-electron chi connectivity index (χ4n) is 2.49. The van der Waals surface area contributed by atoms with Crippen molar-refractivity contribution in [2.24, 2.45) is 10.2 Å². The van der Waals surface area contributed by atoms with Crippen molar-refractivity contribution in [3.8, 4) is 11.5 Å². The highest BCUT2D eigenvalue weighted by molar-refractivity contribution is 7.86. The average molecular weight is 372 g/mol. The molecule has 2 N–H and O–H groups in total. The van der Waals surface area contributed by atoms with Crippen molar-refractivity contribution in [3.05, 3.63) is 54.6 Å². The van der Waals surface area contributed by atoms with Gasteiger partial charge in [-0.3, -0.25) is 4.55 Å². The van der Waals surface area contributed by atoms with Crippen molar-refractivity contribution >= 4 is 32.3 Å². The minimum absolute atomic E-state index is 0.0296. The lowest BCUT2D eigenvalue weighted by atomic mass is 10.1. The first-order valence-corrected chi connectivity index (χ1v) is 9.21. The maximum Gasteiger partial charge on any atom is 0.298 e. The number of phenols is 1. The molecule has 0 heterocycles. The van der Waals surface area contributed by atoms with Crippen molar-refractivity contribution in [2.45, 2.75) is 11.8 Å². The molecule has 0 fully saturated rings. The van der Waals surface area contributed by atoms with Crippen molar-refractivity contribution in [2.75, 3.05) is 6.61 Å². The van der Waals surface area contributed by atoms with Crippen LogP contribution in [0.2, 0.25) is 0 Å². The molecule has 3 rings (SSSR count). The summed E-state index contributed by atoms with van der Waals surface area (Å²) in [6, 6.07) is 14.7. The minimum atomic E-state index is -4.48. The number of fused-ring (bicyclic) bond motifs is 1. The Hall–Kier alpha value is -2.97. The van der Waals surface area contributed by atoms with Crippen LogP contribution >= 0.6 is 0 Å². The van der Waals surface area contributed by atoms with Gasteiger partial charge in [-0.1, -0.05) is 30.3 Å². The quantitative estimate of drug-likeness (QED) is 0.502. The number of aromatic hydroxyl groups is 1. The molecule has 26 heavy (non-hydrogen) atoms. The lowest BCUT2D eigenvalue weighted by Crippen LogP contribution is -2.03. The van der Waals surface area contributed by atoms with Gasteiger partial charge in [0.25, 0.3) is 10.1 Å². The van der Waals surface area contributed by atoms with Gasteiger partial charge >= 0.3 is 0 Å². The molecule has 8 heteroatoms. The smallest absolute Gasteiger partial charge is 0.298 e. The van der Waals surface area contributed by atoms with Crippen molar-refractivity contribution in [3.63, 3.8) is 0 Å². The Labute approximate surface area is 150 Å². The van der Waals surface area contributed by atoms with E-state index in [4.69, 9.17) is 4.74 Å². The number of phenolic OH excluding ortho intramolecular Hbond substituents is 1. The van der Waals surface area contributed by atoms with E-state index in [1.54, 1.807) is 19.1 Å². The summed E-state index contributed by atoms with van der Waals surface area (Å²) in [5.41, 5.74) is 0.457. The van der Waals surface area contributed by atoms with Crippen molar-refractivity contribution < 1.29 is 22.8 Å². The third-order valence-corrected chi connectivity index (χ3v) is 4.52. The summed E-state index contributed by atoms with van der Waals surface area (Å²) in [5.74, 6) is -0.0182. The van der Waals surface area contributed by atoms with E-state index in [9.17, 15) is 18.1 Å².